The van der Waals surface area contributed by atoms with E-state index in [1.165, 1.54) is 0 Å². The highest BCUT2D eigenvalue weighted by Gasteiger charge is 2.04. The predicted octanol–water partition coefficient (Wildman–Crippen LogP) is 3.33. The van der Waals surface area contributed by atoms with E-state index in [9.17, 15) is 5.11 Å². The van der Waals surface area contributed by atoms with E-state index in [4.69, 9.17) is 4.74 Å². The fourth-order valence-corrected chi connectivity index (χ4v) is 1.12. The Morgan fingerprint density at radius 2 is 1.87 bits per heavy atom. The molecule has 0 aliphatic rings. The number of benzene rings is 1. The molecule has 0 spiro atoms. The van der Waals surface area contributed by atoms with Crippen LogP contribution in [0.15, 0.2) is 36.9 Å². The SMILES string of the molecule is C=CCC(O)c1ccc(OC)cc1.CC. The zero-order valence-corrected chi connectivity index (χ0v) is 9.73. The largest absolute Gasteiger partial charge is 0.497 e. The molecule has 1 unspecified atom stereocenters. The van der Waals surface area contributed by atoms with Crippen LogP contribution in [0.5, 0.6) is 5.75 Å². The number of methoxy groups -OCH3 is 1. The van der Waals surface area contributed by atoms with E-state index in [2.05, 4.69) is 6.58 Å². The molecule has 0 aliphatic heterocycles. The molecule has 0 fully saturated rings. The summed E-state index contributed by atoms with van der Waals surface area (Å²) in [5.41, 5.74) is 0.890. The topological polar surface area (TPSA) is 29.5 Å². The normalized spacial score (nSPS) is 10.9. The van der Waals surface area contributed by atoms with E-state index in [1.54, 1.807) is 13.2 Å². The Morgan fingerprint density at radius 3 is 2.27 bits per heavy atom. The van der Waals surface area contributed by atoms with Gasteiger partial charge in [-0.1, -0.05) is 32.1 Å². The Bertz CT molecular complexity index is 264. The third-order valence-corrected chi connectivity index (χ3v) is 1.89. The molecular weight excluding hydrogens is 188 g/mol. The van der Waals surface area contributed by atoms with Crippen molar-refractivity contribution in [1.82, 2.24) is 0 Å². The first-order valence-corrected chi connectivity index (χ1v) is 5.21. The average Bonchev–Trinajstić information content (AvgIpc) is 2.32. The monoisotopic (exact) mass is 208 g/mol. The van der Waals surface area contributed by atoms with Gasteiger partial charge in [0.05, 0.1) is 13.2 Å². The molecule has 1 aromatic carbocycles. The van der Waals surface area contributed by atoms with E-state index in [1.807, 2.05) is 38.1 Å². The summed E-state index contributed by atoms with van der Waals surface area (Å²) in [5, 5.41) is 9.57. The number of aliphatic hydroxyl groups excluding tert-OH is 1. The first-order chi connectivity index (χ1) is 7.27. The minimum atomic E-state index is -0.455. The molecule has 1 rings (SSSR count). The highest BCUT2D eigenvalue weighted by atomic mass is 16.5. The lowest BCUT2D eigenvalue weighted by molar-refractivity contribution is 0.181. The Balaban J connectivity index is 0.000000921. The van der Waals surface area contributed by atoms with Crippen LogP contribution >= 0.6 is 0 Å². The smallest absolute Gasteiger partial charge is 0.118 e. The molecule has 84 valence electrons. The summed E-state index contributed by atoms with van der Waals surface area (Å²) >= 11 is 0. The zero-order valence-electron chi connectivity index (χ0n) is 9.73. The van der Waals surface area contributed by atoms with Gasteiger partial charge in [-0.3, -0.25) is 0 Å². The number of rotatable bonds is 4. The summed E-state index contributed by atoms with van der Waals surface area (Å²) in [6.45, 7) is 7.58. The van der Waals surface area contributed by atoms with Crippen molar-refractivity contribution in [2.24, 2.45) is 0 Å². The number of hydrogen-bond donors (Lipinski definition) is 1. The van der Waals surface area contributed by atoms with E-state index < -0.39 is 6.10 Å². The van der Waals surface area contributed by atoms with Crippen molar-refractivity contribution in [3.63, 3.8) is 0 Å². The minimum Gasteiger partial charge on any atom is -0.497 e. The highest BCUT2D eigenvalue weighted by molar-refractivity contribution is 5.28. The van der Waals surface area contributed by atoms with Crippen LogP contribution in [0.1, 0.15) is 31.9 Å². The van der Waals surface area contributed by atoms with Crippen LogP contribution in [-0.2, 0) is 0 Å². The zero-order chi connectivity index (χ0) is 11.7. The standard InChI is InChI=1S/C11H14O2.C2H6/c1-3-4-11(12)9-5-7-10(13-2)8-6-9;1-2/h3,5-8,11-12H,1,4H2,2H3;1-2H3. The third kappa shape index (κ3) is 4.66. The van der Waals surface area contributed by atoms with Crippen molar-refractivity contribution < 1.29 is 9.84 Å². The van der Waals surface area contributed by atoms with Gasteiger partial charge in [-0.05, 0) is 24.1 Å². The second kappa shape index (κ2) is 8.06. The van der Waals surface area contributed by atoms with Gasteiger partial charge in [0.15, 0.2) is 0 Å². The molecule has 1 N–H and O–H groups in total. The molecule has 0 amide bonds. The summed E-state index contributed by atoms with van der Waals surface area (Å²) in [4.78, 5) is 0. The van der Waals surface area contributed by atoms with Crippen LogP contribution in [0.3, 0.4) is 0 Å². The van der Waals surface area contributed by atoms with Gasteiger partial charge in [-0.2, -0.15) is 0 Å². The summed E-state index contributed by atoms with van der Waals surface area (Å²) in [6.07, 6.45) is 1.82. The van der Waals surface area contributed by atoms with Gasteiger partial charge in [0.25, 0.3) is 0 Å². The van der Waals surface area contributed by atoms with Crippen LogP contribution in [0, 0.1) is 0 Å². The second-order valence-corrected chi connectivity index (χ2v) is 2.81. The summed E-state index contributed by atoms with van der Waals surface area (Å²) in [6, 6.07) is 7.38. The fourth-order valence-electron chi connectivity index (χ4n) is 1.12. The Labute approximate surface area is 92.2 Å². The molecular formula is C13H20O2. The molecule has 1 atom stereocenters. The molecule has 0 aliphatic carbocycles. The van der Waals surface area contributed by atoms with Gasteiger partial charge in [-0.15, -0.1) is 6.58 Å². The molecule has 0 aromatic heterocycles. The summed E-state index contributed by atoms with van der Waals surface area (Å²) < 4.78 is 5.01. The Kier molecular flexibility index (Phi) is 7.38. The summed E-state index contributed by atoms with van der Waals surface area (Å²) in [5.74, 6) is 0.801. The quantitative estimate of drug-likeness (QED) is 0.769. The maximum absolute atomic E-state index is 9.57. The Hall–Kier alpha value is -1.28. The lowest BCUT2D eigenvalue weighted by atomic mass is 10.1. The van der Waals surface area contributed by atoms with Crippen molar-refractivity contribution in [2.75, 3.05) is 7.11 Å². The molecule has 0 heterocycles. The van der Waals surface area contributed by atoms with Crippen molar-refractivity contribution in [2.45, 2.75) is 26.4 Å². The molecule has 2 nitrogen and oxygen atoms in total. The van der Waals surface area contributed by atoms with E-state index in [0.717, 1.165) is 11.3 Å². The van der Waals surface area contributed by atoms with Crippen LogP contribution in [0.4, 0.5) is 0 Å². The van der Waals surface area contributed by atoms with Gasteiger partial charge in [0.1, 0.15) is 5.75 Å². The first kappa shape index (κ1) is 13.7. The molecule has 0 saturated carbocycles. The van der Waals surface area contributed by atoms with Crippen LogP contribution in [0.2, 0.25) is 0 Å². The van der Waals surface area contributed by atoms with E-state index in [0.29, 0.717) is 6.42 Å². The van der Waals surface area contributed by atoms with Crippen molar-refractivity contribution >= 4 is 0 Å². The maximum atomic E-state index is 9.57. The predicted molar refractivity (Wildman–Crippen MR) is 64.1 cm³/mol. The van der Waals surface area contributed by atoms with Gasteiger partial charge < -0.3 is 9.84 Å². The number of ether oxygens (including phenoxy) is 1. The summed E-state index contributed by atoms with van der Waals surface area (Å²) in [7, 11) is 1.62. The van der Waals surface area contributed by atoms with Gasteiger partial charge in [-0.25, -0.2) is 0 Å². The number of aliphatic hydroxyl groups is 1. The lowest BCUT2D eigenvalue weighted by Crippen LogP contribution is -1.95. The molecule has 2 heteroatoms. The van der Waals surface area contributed by atoms with Gasteiger partial charge >= 0.3 is 0 Å². The van der Waals surface area contributed by atoms with Gasteiger partial charge in [0, 0.05) is 0 Å². The molecule has 0 bridgehead atoms. The third-order valence-electron chi connectivity index (χ3n) is 1.89. The van der Waals surface area contributed by atoms with Crippen LogP contribution < -0.4 is 4.74 Å². The lowest BCUT2D eigenvalue weighted by Gasteiger charge is -2.08. The number of hydrogen-bond acceptors (Lipinski definition) is 2. The van der Waals surface area contributed by atoms with Crippen molar-refractivity contribution in [1.29, 1.82) is 0 Å². The molecule has 15 heavy (non-hydrogen) atoms. The second-order valence-electron chi connectivity index (χ2n) is 2.81. The Morgan fingerprint density at radius 1 is 1.33 bits per heavy atom. The van der Waals surface area contributed by atoms with Crippen molar-refractivity contribution in [3.05, 3.63) is 42.5 Å². The van der Waals surface area contributed by atoms with E-state index in [-0.39, 0.29) is 0 Å². The van der Waals surface area contributed by atoms with Crippen LogP contribution in [-0.4, -0.2) is 12.2 Å². The maximum Gasteiger partial charge on any atom is 0.118 e. The van der Waals surface area contributed by atoms with E-state index >= 15 is 0 Å². The van der Waals surface area contributed by atoms with Crippen LogP contribution in [0.25, 0.3) is 0 Å². The average molecular weight is 208 g/mol. The first-order valence-electron chi connectivity index (χ1n) is 5.21. The highest BCUT2D eigenvalue weighted by Crippen LogP contribution is 2.19. The minimum absolute atomic E-state index is 0.455. The van der Waals surface area contributed by atoms with Crippen molar-refractivity contribution in [3.8, 4) is 5.75 Å². The molecule has 0 saturated heterocycles. The van der Waals surface area contributed by atoms with Gasteiger partial charge in [0.2, 0.25) is 0 Å². The molecule has 0 radical (unpaired) electrons. The molecule has 1 aromatic rings. The fraction of sp³-hybridized carbons (Fsp3) is 0.385.